The van der Waals surface area contributed by atoms with Gasteiger partial charge in [-0.3, -0.25) is 9.89 Å². The summed E-state index contributed by atoms with van der Waals surface area (Å²) in [5, 5.41) is 7.06. The maximum absolute atomic E-state index is 5.38. The summed E-state index contributed by atoms with van der Waals surface area (Å²) in [7, 11) is 3.54. The van der Waals surface area contributed by atoms with E-state index in [9.17, 15) is 0 Å². The second kappa shape index (κ2) is 12.2. The van der Waals surface area contributed by atoms with Gasteiger partial charge in [-0.25, -0.2) is 0 Å². The van der Waals surface area contributed by atoms with Crippen LogP contribution in [0.25, 0.3) is 0 Å². The van der Waals surface area contributed by atoms with E-state index in [1.807, 2.05) is 13.1 Å². The van der Waals surface area contributed by atoms with Crippen LogP contribution in [0.15, 0.2) is 53.5 Å². The van der Waals surface area contributed by atoms with Gasteiger partial charge in [0.1, 0.15) is 5.75 Å². The van der Waals surface area contributed by atoms with Crippen molar-refractivity contribution in [1.29, 1.82) is 0 Å². The minimum atomic E-state index is 0. The molecule has 6 heteroatoms. The van der Waals surface area contributed by atoms with Crippen molar-refractivity contribution in [2.45, 2.75) is 51.9 Å². The largest absolute Gasteiger partial charge is 0.497 e. The van der Waals surface area contributed by atoms with Gasteiger partial charge in [-0.2, -0.15) is 0 Å². The number of guanidine groups is 1. The number of benzene rings is 2. The number of hydrogen-bond donors (Lipinski definition) is 2. The number of likely N-dealkylation sites (tertiary alicyclic amines) is 1. The SMILES string of the molecule is CN=C(NCc1cc(C)cc(OC)c1)NC1CCN(Cc2ccccc2)C(C)C1.I. The molecule has 0 bridgehead atoms. The molecule has 2 N–H and O–H groups in total. The summed E-state index contributed by atoms with van der Waals surface area (Å²) in [6.07, 6.45) is 2.24. The molecule has 2 aromatic rings. The number of nitrogens with zero attached hydrogens (tertiary/aromatic N) is 2. The Morgan fingerprint density at radius 2 is 1.93 bits per heavy atom. The minimum absolute atomic E-state index is 0. The number of aryl methyl sites for hydroxylation is 1. The van der Waals surface area contributed by atoms with Gasteiger partial charge in [0, 0.05) is 38.8 Å². The van der Waals surface area contributed by atoms with Crippen LogP contribution in [-0.4, -0.2) is 43.6 Å². The first-order valence-corrected chi connectivity index (χ1v) is 10.5. The predicted molar refractivity (Wildman–Crippen MR) is 136 cm³/mol. The van der Waals surface area contributed by atoms with Crippen molar-refractivity contribution in [3.63, 3.8) is 0 Å². The highest BCUT2D eigenvalue weighted by Crippen LogP contribution is 2.20. The number of halogens is 1. The molecule has 0 spiro atoms. The average Bonchev–Trinajstić information content (AvgIpc) is 2.73. The lowest BCUT2D eigenvalue weighted by Gasteiger charge is -2.38. The molecule has 2 atom stereocenters. The summed E-state index contributed by atoms with van der Waals surface area (Å²) in [4.78, 5) is 7.00. The van der Waals surface area contributed by atoms with E-state index in [1.165, 1.54) is 16.7 Å². The summed E-state index contributed by atoms with van der Waals surface area (Å²) in [6, 6.07) is 18.0. The van der Waals surface area contributed by atoms with Gasteiger partial charge in [0.15, 0.2) is 5.96 Å². The van der Waals surface area contributed by atoms with Crippen LogP contribution < -0.4 is 15.4 Å². The average molecular weight is 522 g/mol. The van der Waals surface area contributed by atoms with Crippen LogP contribution in [-0.2, 0) is 13.1 Å². The number of hydrogen-bond acceptors (Lipinski definition) is 3. The van der Waals surface area contributed by atoms with Gasteiger partial charge < -0.3 is 15.4 Å². The Hall–Kier alpha value is -1.80. The normalized spacial score (nSPS) is 19.7. The zero-order valence-electron chi connectivity index (χ0n) is 18.5. The molecule has 2 unspecified atom stereocenters. The van der Waals surface area contributed by atoms with Gasteiger partial charge in [0.2, 0.25) is 0 Å². The number of piperidine rings is 1. The molecule has 0 aromatic heterocycles. The Kier molecular flexibility index (Phi) is 9.91. The van der Waals surface area contributed by atoms with E-state index in [1.54, 1.807) is 7.11 Å². The molecule has 3 rings (SSSR count). The van der Waals surface area contributed by atoms with Crippen LogP contribution in [0.2, 0.25) is 0 Å². The third kappa shape index (κ3) is 7.16. The van der Waals surface area contributed by atoms with Crippen LogP contribution in [0, 0.1) is 6.92 Å². The molecule has 0 saturated carbocycles. The first-order valence-electron chi connectivity index (χ1n) is 10.5. The first-order chi connectivity index (χ1) is 14.1. The molecular formula is C24H35IN4O. The highest BCUT2D eigenvalue weighted by Gasteiger charge is 2.25. The number of nitrogens with one attached hydrogen (secondary N) is 2. The molecule has 1 aliphatic heterocycles. The van der Waals surface area contributed by atoms with Crippen molar-refractivity contribution in [1.82, 2.24) is 15.5 Å². The smallest absolute Gasteiger partial charge is 0.191 e. The highest BCUT2D eigenvalue weighted by atomic mass is 127. The van der Waals surface area contributed by atoms with Crippen molar-refractivity contribution in [3.05, 3.63) is 65.2 Å². The Balaban J connectivity index is 0.00000320. The second-order valence-corrected chi connectivity index (χ2v) is 7.95. The summed E-state index contributed by atoms with van der Waals surface area (Å²) in [6.45, 7) is 7.26. The van der Waals surface area contributed by atoms with Gasteiger partial charge >= 0.3 is 0 Å². The van der Waals surface area contributed by atoms with E-state index in [-0.39, 0.29) is 24.0 Å². The number of methoxy groups -OCH3 is 1. The zero-order chi connectivity index (χ0) is 20.6. The quantitative estimate of drug-likeness (QED) is 0.337. The third-order valence-electron chi connectivity index (χ3n) is 5.61. The number of rotatable bonds is 6. The van der Waals surface area contributed by atoms with E-state index in [0.29, 0.717) is 12.1 Å². The molecule has 164 valence electrons. The molecule has 2 aromatic carbocycles. The fourth-order valence-electron chi connectivity index (χ4n) is 4.02. The highest BCUT2D eigenvalue weighted by molar-refractivity contribution is 14.0. The molecule has 1 saturated heterocycles. The minimum Gasteiger partial charge on any atom is -0.497 e. The molecule has 5 nitrogen and oxygen atoms in total. The molecule has 0 amide bonds. The van der Waals surface area contributed by atoms with Gasteiger partial charge in [0.25, 0.3) is 0 Å². The fraction of sp³-hybridized carbons (Fsp3) is 0.458. The Bertz CT molecular complexity index is 812. The fourth-order valence-corrected chi connectivity index (χ4v) is 4.02. The van der Waals surface area contributed by atoms with Crippen LogP contribution in [0.4, 0.5) is 0 Å². The maximum atomic E-state index is 5.38. The molecule has 1 aliphatic rings. The summed E-state index contributed by atoms with van der Waals surface area (Å²) in [5.74, 6) is 1.75. The lowest BCUT2D eigenvalue weighted by Crippen LogP contribution is -2.51. The van der Waals surface area contributed by atoms with E-state index in [2.05, 4.69) is 76.8 Å². The van der Waals surface area contributed by atoms with Crippen molar-refractivity contribution in [3.8, 4) is 5.75 Å². The van der Waals surface area contributed by atoms with E-state index in [0.717, 1.165) is 44.2 Å². The zero-order valence-corrected chi connectivity index (χ0v) is 20.9. The van der Waals surface area contributed by atoms with Crippen LogP contribution in [0.1, 0.15) is 36.5 Å². The topological polar surface area (TPSA) is 48.9 Å². The van der Waals surface area contributed by atoms with Gasteiger partial charge in [-0.05, 0) is 55.5 Å². The van der Waals surface area contributed by atoms with Crippen LogP contribution >= 0.6 is 24.0 Å². The molecular weight excluding hydrogens is 487 g/mol. The lowest BCUT2D eigenvalue weighted by atomic mass is 9.97. The third-order valence-corrected chi connectivity index (χ3v) is 5.61. The molecule has 30 heavy (non-hydrogen) atoms. The number of ether oxygens (including phenoxy) is 1. The van der Waals surface area contributed by atoms with Gasteiger partial charge in [0.05, 0.1) is 7.11 Å². The van der Waals surface area contributed by atoms with Crippen molar-refractivity contribution < 1.29 is 4.74 Å². The summed E-state index contributed by atoms with van der Waals surface area (Å²) >= 11 is 0. The Labute approximate surface area is 198 Å². The van der Waals surface area contributed by atoms with E-state index in [4.69, 9.17) is 4.74 Å². The van der Waals surface area contributed by atoms with E-state index < -0.39 is 0 Å². The summed E-state index contributed by atoms with van der Waals surface area (Å²) < 4.78 is 5.38. The summed E-state index contributed by atoms with van der Waals surface area (Å²) in [5.41, 5.74) is 3.77. The van der Waals surface area contributed by atoms with Crippen molar-refractivity contribution in [2.75, 3.05) is 20.7 Å². The monoisotopic (exact) mass is 522 g/mol. The van der Waals surface area contributed by atoms with Crippen LogP contribution in [0.3, 0.4) is 0 Å². The standard InChI is InChI=1S/C24H34N4O.HI/c1-18-12-21(15-23(13-18)29-4)16-26-24(25-3)27-22-10-11-28(19(2)14-22)17-20-8-6-5-7-9-20;/h5-9,12-13,15,19,22H,10-11,14,16-17H2,1-4H3,(H2,25,26,27);1H. The number of aliphatic imine (C=N–C) groups is 1. The predicted octanol–water partition coefficient (Wildman–Crippen LogP) is 4.34. The van der Waals surface area contributed by atoms with E-state index >= 15 is 0 Å². The molecule has 1 fully saturated rings. The van der Waals surface area contributed by atoms with Crippen molar-refractivity contribution in [2.24, 2.45) is 4.99 Å². The van der Waals surface area contributed by atoms with Crippen LogP contribution in [0.5, 0.6) is 5.75 Å². The Morgan fingerprint density at radius 1 is 1.17 bits per heavy atom. The molecule has 0 radical (unpaired) electrons. The van der Waals surface area contributed by atoms with Crippen molar-refractivity contribution >= 4 is 29.9 Å². The molecule has 1 heterocycles. The van der Waals surface area contributed by atoms with Gasteiger partial charge in [-0.15, -0.1) is 24.0 Å². The van der Waals surface area contributed by atoms with Gasteiger partial charge in [-0.1, -0.05) is 36.4 Å². The Morgan fingerprint density at radius 3 is 2.60 bits per heavy atom. The second-order valence-electron chi connectivity index (χ2n) is 7.95. The maximum Gasteiger partial charge on any atom is 0.191 e. The lowest BCUT2D eigenvalue weighted by molar-refractivity contribution is 0.134. The first kappa shape index (κ1) is 24.5. The molecule has 0 aliphatic carbocycles.